The van der Waals surface area contributed by atoms with E-state index >= 15 is 0 Å². The fourth-order valence-corrected chi connectivity index (χ4v) is 2.18. The Morgan fingerprint density at radius 2 is 1.89 bits per heavy atom. The number of phenols is 1. The number of aromatic hydroxyl groups is 1. The van der Waals surface area contributed by atoms with Crippen molar-refractivity contribution >= 4 is 15.9 Å². The van der Waals surface area contributed by atoms with Crippen LogP contribution in [0.1, 0.15) is 11.7 Å². The topological polar surface area (TPSA) is 99.4 Å². The van der Waals surface area contributed by atoms with Crippen molar-refractivity contribution < 1.29 is 29.9 Å². The summed E-state index contributed by atoms with van der Waals surface area (Å²) in [5.74, 6) is -0.0518. The molecule has 0 saturated carbocycles. The Morgan fingerprint density at radius 3 is 2.33 bits per heavy atom. The van der Waals surface area contributed by atoms with Gasteiger partial charge in [0.05, 0.1) is 25.3 Å². The van der Waals surface area contributed by atoms with Crippen LogP contribution in [0.15, 0.2) is 10.5 Å². The average Bonchev–Trinajstić information content (AvgIpc) is 2.38. The van der Waals surface area contributed by atoms with Gasteiger partial charge in [0.15, 0.2) is 11.5 Å². The van der Waals surface area contributed by atoms with Crippen LogP contribution in [0, 0.1) is 0 Å². The predicted octanol–water partition coefficient (Wildman–Crippen LogP) is 0.558. The fraction of sp³-hybridized carbons (Fsp3) is 0.455. The second-order valence-corrected chi connectivity index (χ2v) is 4.35. The first-order chi connectivity index (χ1) is 8.47. The van der Waals surface area contributed by atoms with Crippen LogP contribution in [0.25, 0.3) is 0 Å². The van der Waals surface area contributed by atoms with Crippen molar-refractivity contribution in [3.8, 4) is 17.2 Å². The number of methoxy groups -OCH3 is 2. The molecule has 0 aliphatic rings. The maximum atomic E-state index is 9.87. The SMILES string of the molecule is COc1cc([C@H](O)[C@@H](O)CO)c(Br)c(OC)c1O. The van der Waals surface area contributed by atoms with Crippen LogP contribution in [0.2, 0.25) is 0 Å². The summed E-state index contributed by atoms with van der Waals surface area (Å²) in [6, 6.07) is 1.35. The van der Waals surface area contributed by atoms with Gasteiger partial charge in [0.25, 0.3) is 0 Å². The quantitative estimate of drug-likeness (QED) is 0.632. The molecule has 0 aromatic heterocycles. The fourth-order valence-electron chi connectivity index (χ4n) is 1.48. The molecule has 0 amide bonds. The van der Waals surface area contributed by atoms with E-state index < -0.39 is 18.8 Å². The lowest BCUT2D eigenvalue weighted by atomic mass is 10.0. The van der Waals surface area contributed by atoms with Crippen molar-refractivity contribution in [3.05, 3.63) is 16.1 Å². The van der Waals surface area contributed by atoms with E-state index in [0.29, 0.717) is 0 Å². The van der Waals surface area contributed by atoms with Gasteiger partial charge in [0.1, 0.15) is 12.2 Å². The van der Waals surface area contributed by atoms with E-state index in [1.165, 1.54) is 20.3 Å². The van der Waals surface area contributed by atoms with Gasteiger partial charge in [-0.2, -0.15) is 0 Å². The first kappa shape index (κ1) is 15.0. The first-order valence-electron chi connectivity index (χ1n) is 5.08. The van der Waals surface area contributed by atoms with Gasteiger partial charge in [0, 0.05) is 5.56 Å². The van der Waals surface area contributed by atoms with Crippen molar-refractivity contribution in [3.63, 3.8) is 0 Å². The smallest absolute Gasteiger partial charge is 0.201 e. The summed E-state index contributed by atoms with van der Waals surface area (Å²) in [5, 5.41) is 37.9. The maximum Gasteiger partial charge on any atom is 0.201 e. The zero-order valence-corrected chi connectivity index (χ0v) is 11.5. The molecule has 0 spiro atoms. The van der Waals surface area contributed by atoms with Crippen molar-refractivity contribution in [2.24, 2.45) is 0 Å². The van der Waals surface area contributed by atoms with Crippen molar-refractivity contribution in [2.75, 3.05) is 20.8 Å². The minimum atomic E-state index is -1.35. The van der Waals surface area contributed by atoms with Crippen LogP contribution in [-0.4, -0.2) is 47.4 Å². The van der Waals surface area contributed by atoms with E-state index in [1.807, 2.05) is 0 Å². The molecule has 4 N–H and O–H groups in total. The zero-order valence-electron chi connectivity index (χ0n) is 9.92. The van der Waals surface area contributed by atoms with E-state index in [-0.39, 0.29) is 27.3 Å². The van der Waals surface area contributed by atoms with Crippen LogP contribution < -0.4 is 9.47 Å². The zero-order chi connectivity index (χ0) is 13.9. The van der Waals surface area contributed by atoms with Gasteiger partial charge in [0.2, 0.25) is 5.75 Å². The van der Waals surface area contributed by atoms with E-state index in [9.17, 15) is 15.3 Å². The standard InChI is InChI=1S/C11H15BrO6/c1-17-7-3-5(9(15)6(14)4-13)8(12)11(18-2)10(7)16/h3,6,9,13-16H,4H2,1-2H3/t6-,9-/m0/s1. The Kier molecular flexibility index (Phi) is 5.21. The molecule has 0 fully saturated rings. The number of phenolic OH excluding ortho intramolecular Hbond substituents is 1. The Labute approximate surface area is 113 Å². The second kappa shape index (κ2) is 6.24. The van der Waals surface area contributed by atoms with Gasteiger partial charge in [-0.1, -0.05) is 0 Å². The molecule has 0 aliphatic heterocycles. The highest BCUT2D eigenvalue weighted by Gasteiger charge is 2.25. The van der Waals surface area contributed by atoms with Crippen LogP contribution >= 0.6 is 15.9 Å². The molecule has 18 heavy (non-hydrogen) atoms. The minimum absolute atomic E-state index is 0.0774. The second-order valence-electron chi connectivity index (χ2n) is 3.56. The molecular weight excluding hydrogens is 308 g/mol. The largest absolute Gasteiger partial charge is 0.502 e. The van der Waals surface area contributed by atoms with E-state index in [2.05, 4.69) is 15.9 Å². The molecule has 1 rings (SSSR count). The molecule has 7 heteroatoms. The van der Waals surface area contributed by atoms with E-state index in [0.717, 1.165) is 0 Å². The Balaban J connectivity index is 3.36. The summed E-state index contributed by atoms with van der Waals surface area (Å²) in [7, 11) is 2.69. The van der Waals surface area contributed by atoms with Gasteiger partial charge in [-0.15, -0.1) is 0 Å². The number of benzene rings is 1. The van der Waals surface area contributed by atoms with Gasteiger partial charge in [-0.25, -0.2) is 0 Å². The Hall–Kier alpha value is -1.02. The summed E-state index contributed by atoms with van der Waals surface area (Å²) < 4.78 is 10.2. The molecule has 1 aromatic carbocycles. The monoisotopic (exact) mass is 322 g/mol. The lowest BCUT2D eigenvalue weighted by molar-refractivity contribution is -0.0157. The molecule has 0 unspecified atom stereocenters. The summed E-state index contributed by atoms with van der Waals surface area (Å²) in [6.07, 6.45) is -2.69. The van der Waals surface area contributed by atoms with Crippen LogP contribution in [-0.2, 0) is 0 Å². The minimum Gasteiger partial charge on any atom is -0.502 e. The number of hydrogen-bond donors (Lipinski definition) is 4. The summed E-state index contributed by atoms with van der Waals surface area (Å²) in [5.41, 5.74) is 0.239. The molecule has 6 nitrogen and oxygen atoms in total. The van der Waals surface area contributed by atoms with Crippen LogP contribution in [0.5, 0.6) is 17.2 Å². The number of ether oxygens (including phenoxy) is 2. The molecule has 0 saturated heterocycles. The number of hydrogen-bond acceptors (Lipinski definition) is 6. The van der Waals surface area contributed by atoms with Crippen LogP contribution in [0.3, 0.4) is 0 Å². The molecule has 0 heterocycles. The Bertz CT molecular complexity index is 422. The highest BCUT2D eigenvalue weighted by molar-refractivity contribution is 9.10. The number of halogens is 1. The number of aliphatic hydroxyl groups excluding tert-OH is 3. The van der Waals surface area contributed by atoms with Gasteiger partial charge in [-0.05, 0) is 22.0 Å². The van der Waals surface area contributed by atoms with E-state index in [1.54, 1.807) is 0 Å². The first-order valence-corrected chi connectivity index (χ1v) is 5.87. The molecule has 102 valence electrons. The normalized spacial score (nSPS) is 14.1. The summed E-state index contributed by atoms with van der Waals surface area (Å²) >= 11 is 3.16. The summed E-state index contributed by atoms with van der Waals surface area (Å²) in [6.45, 7) is -0.598. The Morgan fingerprint density at radius 1 is 1.28 bits per heavy atom. The van der Waals surface area contributed by atoms with Crippen molar-refractivity contribution in [1.29, 1.82) is 0 Å². The summed E-state index contributed by atoms with van der Waals surface area (Å²) in [4.78, 5) is 0. The van der Waals surface area contributed by atoms with Gasteiger partial charge in [-0.3, -0.25) is 0 Å². The van der Waals surface area contributed by atoms with Crippen LogP contribution in [0.4, 0.5) is 0 Å². The van der Waals surface area contributed by atoms with Gasteiger partial charge < -0.3 is 29.9 Å². The molecule has 0 radical (unpaired) electrons. The lowest BCUT2D eigenvalue weighted by Gasteiger charge is -2.20. The maximum absolute atomic E-state index is 9.87. The third-order valence-electron chi connectivity index (χ3n) is 2.48. The van der Waals surface area contributed by atoms with Crippen molar-refractivity contribution in [1.82, 2.24) is 0 Å². The third-order valence-corrected chi connectivity index (χ3v) is 3.30. The average molecular weight is 323 g/mol. The molecular formula is C11H15BrO6. The number of aliphatic hydroxyl groups is 3. The molecule has 0 bridgehead atoms. The molecule has 0 aliphatic carbocycles. The van der Waals surface area contributed by atoms with E-state index in [4.69, 9.17) is 14.6 Å². The lowest BCUT2D eigenvalue weighted by Crippen LogP contribution is -2.22. The molecule has 2 atom stereocenters. The highest BCUT2D eigenvalue weighted by Crippen LogP contribution is 2.46. The highest BCUT2D eigenvalue weighted by atomic mass is 79.9. The number of rotatable bonds is 5. The third kappa shape index (κ3) is 2.69. The van der Waals surface area contributed by atoms with Crippen molar-refractivity contribution in [2.45, 2.75) is 12.2 Å². The molecule has 1 aromatic rings. The van der Waals surface area contributed by atoms with Gasteiger partial charge >= 0.3 is 0 Å². The predicted molar refractivity (Wildman–Crippen MR) is 67.0 cm³/mol.